The number of nitrogen functional groups attached to an aromatic ring is 1. The molecule has 2 rings (SSSR count). The average Bonchev–Trinajstić information content (AvgIpc) is 2.49. The van der Waals surface area contributed by atoms with Gasteiger partial charge in [0.15, 0.2) is 0 Å². The van der Waals surface area contributed by atoms with Crippen molar-refractivity contribution in [2.45, 2.75) is 39.1 Å². The summed E-state index contributed by atoms with van der Waals surface area (Å²) in [6, 6.07) is 11.5. The van der Waals surface area contributed by atoms with Gasteiger partial charge in [-0.05, 0) is 31.7 Å². The second kappa shape index (κ2) is 6.69. The highest BCUT2D eigenvalue weighted by Gasteiger charge is 2.30. The Morgan fingerprint density at radius 3 is 2.64 bits per heavy atom. The summed E-state index contributed by atoms with van der Waals surface area (Å²) in [6.45, 7) is 5.31. The second-order valence-electron chi connectivity index (χ2n) is 5.46. The van der Waals surface area contributed by atoms with E-state index < -0.39 is 13.4 Å². The van der Waals surface area contributed by atoms with Gasteiger partial charge in [0.2, 0.25) is 0 Å². The van der Waals surface area contributed by atoms with Gasteiger partial charge >= 0.3 is 7.60 Å². The minimum Gasteiger partial charge on any atom is -0.397 e. The van der Waals surface area contributed by atoms with E-state index in [9.17, 15) is 9.46 Å². The van der Waals surface area contributed by atoms with E-state index in [2.05, 4.69) is 5.32 Å². The lowest BCUT2D eigenvalue weighted by Crippen LogP contribution is -2.20. The summed E-state index contributed by atoms with van der Waals surface area (Å²) in [5, 5.41) is 4.95. The van der Waals surface area contributed by atoms with Crippen molar-refractivity contribution in [3.8, 4) is 0 Å². The maximum absolute atomic E-state index is 12.3. The number of hydrogen-bond donors (Lipinski definition) is 3. The highest BCUT2D eigenvalue weighted by atomic mass is 31.2. The molecule has 0 bridgehead atoms. The number of nitrogens with one attached hydrogen (secondary N) is 1. The van der Waals surface area contributed by atoms with E-state index in [4.69, 9.17) is 10.3 Å². The van der Waals surface area contributed by atoms with E-state index in [0.29, 0.717) is 17.8 Å². The van der Waals surface area contributed by atoms with Gasteiger partial charge in [0, 0.05) is 5.39 Å². The van der Waals surface area contributed by atoms with E-state index in [-0.39, 0.29) is 6.10 Å². The molecular weight excluding hydrogens is 299 g/mol. The first-order chi connectivity index (χ1) is 10.3. The Balaban J connectivity index is 2.23. The maximum atomic E-state index is 12.3. The number of rotatable bonds is 6. The number of hydrogen-bond acceptors (Lipinski definition) is 4. The fourth-order valence-corrected chi connectivity index (χ4v) is 3.30. The first kappa shape index (κ1) is 16.8. The third kappa shape index (κ3) is 3.61. The topological polar surface area (TPSA) is 84.6 Å². The molecule has 0 aliphatic heterocycles. The molecule has 0 heterocycles. The molecule has 0 aromatic heterocycles. The van der Waals surface area contributed by atoms with E-state index >= 15 is 0 Å². The van der Waals surface area contributed by atoms with Gasteiger partial charge < -0.3 is 20.5 Å². The lowest BCUT2D eigenvalue weighted by atomic mass is 10.1. The number of nitrogens with two attached hydrogens (primary N) is 1. The van der Waals surface area contributed by atoms with Crippen molar-refractivity contribution in [3.63, 3.8) is 0 Å². The molecule has 0 amide bonds. The molecular formula is C16H23N2O3P. The van der Waals surface area contributed by atoms with Crippen LogP contribution in [0.1, 0.15) is 27.2 Å². The molecule has 22 heavy (non-hydrogen) atoms. The first-order valence-electron chi connectivity index (χ1n) is 7.39. The molecule has 0 saturated carbocycles. The van der Waals surface area contributed by atoms with Crippen LogP contribution in [0.3, 0.4) is 0 Å². The summed E-state index contributed by atoms with van der Waals surface area (Å²) in [5.41, 5.74) is 7.36. The fourth-order valence-electron chi connectivity index (χ4n) is 2.15. The van der Waals surface area contributed by atoms with Crippen LogP contribution >= 0.6 is 7.60 Å². The van der Waals surface area contributed by atoms with Crippen molar-refractivity contribution in [3.05, 3.63) is 36.4 Å². The van der Waals surface area contributed by atoms with E-state index in [1.165, 1.54) is 0 Å². The zero-order valence-corrected chi connectivity index (χ0v) is 14.0. The summed E-state index contributed by atoms with van der Waals surface area (Å²) in [6.07, 6.45) is 0.407. The molecule has 0 aliphatic carbocycles. The zero-order valence-electron chi connectivity index (χ0n) is 13.1. The van der Waals surface area contributed by atoms with Crippen LogP contribution in [-0.4, -0.2) is 16.8 Å². The van der Waals surface area contributed by atoms with E-state index in [1.54, 1.807) is 13.8 Å². The summed E-state index contributed by atoms with van der Waals surface area (Å²) < 4.78 is 17.5. The number of anilines is 2. The normalized spacial score (nSPS) is 16.9. The highest BCUT2D eigenvalue weighted by Crippen LogP contribution is 2.49. The van der Waals surface area contributed by atoms with Crippen molar-refractivity contribution in [2.24, 2.45) is 0 Å². The van der Waals surface area contributed by atoms with Gasteiger partial charge in [0.05, 0.1) is 17.5 Å². The Morgan fingerprint density at radius 1 is 1.27 bits per heavy atom. The van der Waals surface area contributed by atoms with Crippen molar-refractivity contribution in [1.82, 2.24) is 0 Å². The maximum Gasteiger partial charge on any atom is 0.350 e. The predicted octanol–water partition coefficient (Wildman–Crippen LogP) is 4.18. The summed E-state index contributed by atoms with van der Waals surface area (Å²) in [5.74, 6) is -0.745. The molecule has 0 spiro atoms. The Bertz CT molecular complexity index is 705. The molecule has 0 saturated heterocycles. The molecule has 4 N–H and O–H groups in total. The van der Waals surface area contributed by atoms with Gasteiger partial charge in [-0.3, -0.25) is 4.57 Å². The fraction of sp³-hybridized carbons (Fsp3) is 0.375. The standard InChI is InChI=1S/C16H23N2O3P/c1-4-11(2)21-22(19,20)12(3)18-15-10-9-13-7-5-6-8-14(13)16(15)17/h5-12,18H,4,17H2,1-3H3,(H,19,20). The Hall–Kier alpha value is -1.55. The van der Waals surface area contributed by atoms with Gasteiger partial charge in [-0.1, -0.05) is 37.3 Å². The van der Waals surface area contributed by atoms with Crippen LogP contribution in [0.25, 0.3) is 10.8 Å². The predicted molar refractivity (Wildman–Crippen MR) is 92.1 cm³/mol. The molecule has 2 aromatic carbocycles. The van der Waals surface area contributed by atoms with Crippen LogP contribution in [-0.2, 0) is 9.09 Å². The first-order valence-corrected chi connectivity index (χ1v) is 9.04. The average molecular weight is 322 g/mol. The number of benzene rings is 2. The quantitative estimate of drug-likeness (QED) is 0.549. The molecule has 3 unspecified atom stereocenters. The Kier molecular flexibility index (Phi) is 5.12. The van der Waals surface area contributed by atoms with Crippen molar-refractivity contribution in [1.29, 1.82) is 0 Å². The lowest BCUT2D eigenvalue weighted by molar-refractivity contribution is 0.182. The smallest absolute Gasteiger partial charge is 0.350 e. The van der Waals surface area contributed by atoms with Crippen LogP contribution in [0.2, 0.25) is 0 Å². The summed E-state index contributed by atoms with van der Waals surface area (Å²) in [7, 11) is -3.77. The van der Waals surface area contributed by atoms with Crippen molar-refractivity contribution in [2.75, 3.05) is 11.1 Å². The van der Waals surface area contributed by atoms with Gasteiger partial charge in [0.25, 0.3) is 0 Å². The summed E-state index contributed by atoms with van der Waals surface area (Å²) >= 11 is 0. The number of fused-ring (bicyclic) bond motifs is 1. The summed E-state index contributed by atoms with van der Waals surface area (Å²) in [4.78, 5) is 10.1. The molecule has 0 fully saturated rings. The lowest BCUT2D eigenvalue weighted by Gasteiger charge is -2.24. The van der Waals surface area contributed by atoms with E-state index in [0.717, 1.165) is 10.8 Å². The second-order valence-corrected chi connectivity index (χ2v) is 7.57. The molecule has 2 aromatic rings. The van der Waals surface area contributed by atoms with Crippen LogP contribution in [0.4, 0.5) is 11.4 Å². The molecule has 6 heteroatoms. The van der Waals surface area contributed by atoms with Gasteiger partial charge in [-0.2, -0.15) is 0 Å². The van der Waals surface area contributed by atoms with Crippen LogP contribution in [0.5, 0.6) is 0 Å². The molecule has 120 valence electrons. The van der Waals surface area contributed by atoms with Crippen LogP contribution < -0.4 is 11.1 Å². The highest BCUT2D eigenvalue weighted by molar-refractivity contribution is 7.53. The van der Waals surface area contributed by atoms with Gasteiger partial charge in [0.1, 0.15) is 5.78 Å². The minimum absolute atomic E-state index is 0.269. The van der Waals surface area contributed by atoms with Crippen molar-refractivity contribution < 1.29 is 14.0 Å². The third-order valence-electron chi connectivity index (χ3n) is 3.73. The van der Waals surface area contributed by atoms with Crippen LogP contribution in [0.15, 0.2) is 36.4 Å². The Labute approximate surface area is 131 Å². The van der Waals surface area contributed by atoms with Gasteiger partial charge in [-0.25, -0.2) is 0 Å². The Morgan fingerprint density at radius 2 is 1.95 bits per heavy atom. The van der Waals surface area contributed by atoms with Crippen LogP contribution in [0, 0.1) is 0 Å². The molecule has 0 aliphatic rings. The molecule has 5 nitrogen and oxygen atoms in total. The molecule has 3 atom stereocenters. The monoisotopic (exact) mass is 322 g/mol. The zero-order chi connectivity index (χ0) is 16.3. The third-order valence-corrected chi connectivity index (χ3v) is 5.50. The molecule has 0 radical (unpaired) electrons. The van der Waals surface area contributed by atoms with Crippen molar-refractivity contribution >= 4 is 29.7 Å². The SMILES string of the molecule is CCC(C)OP(=O)(O)C(C)Nc1ccc2ccccc2c1N. The minimum atomic E-state index is -3.77. The largest absolute Gasteiger partial charge is 0.397 e. The van der Waals surface area contributed by atoms with Gasteiger partial charge in [-0.15, -0.1) is 0 Å². The van der Waals surface area contributed by atoms with E-state index in [1.807, 2.05) is 43.3 Å².